The van der Waals surface area contributed by atoms with Crippen LogP contribution in [0.5, 0.6) is 0 Å². The number of rotatable bonds is 9. The summed E-state index contributed by atoms with van der Waals surface area (Å²) in [5, 5.41) is 17.4. The van der Waals surface area contributed by atoms with Gasteiger partial charge in [-0.2, -0.15) is 31.6 Å². The van der Waals surface area contributed by atoms with Crippen LogP contribution in [0.4, 0.5) is 38.1 Å². The van der Waals surface area contributed by atoms with E-state index in [0.717, 1.165) is 31.5 Å². The molecule has 0 unspecified atom stereocenters. The standard InChI is InChI=1S/C26H27F6N9/c1-13-33-20-9-17(22(35-23(20)40(13)2)34-21(15-3-4-15)16-5-6-16)12-41(24-36-38-39-37-24)11-14-7-18(25(27,28)29)10-19(8-14)26(30,31)32/h7-10,15-16,21H,3-6,11-12H2,1-2H3,(H,34,35)(H,36,37,38,39). The molecule has 218 valence electrons. The van der Waals surface area contributed by atoms with Crippen LogP contribution in [0.1, 0.15) is 53.8 Å². The lowest BCUT2D eigenvalue weighted by molar-refractivity contribution is -0.143. The first-order valence-corrected chi connectivity index (χ1v) is 13.2. The predicted octanol–water partition coefficient (Wildman–Crippen LogP) is 5.63. The van der Waals surface area contributed by atoms with E-state index in [9.17, 15) is 26.3 Å². The highest BCUT2D eigenvalue weighted by molar-refractivity contribution is 5.76. The number of pyridine rings is 1. The molecule has 2 fully saturated rings. The van der Waals surface area contributed by atoms with E-state index in [1.165, 1.54) is 4.90 Å². The van der Waals surface area contributed by atoms with Crippen molar-refractivity contribution in [2.45, 2.75) is 64.1 Å². The van der Waals surface area contributed by atoms with Crippen LogP contribution in [-0.2, 0) is 32.5 Å². The Morgan fingerprint density at radius 3 is 2.12 bits per heavy atom. The molecule has 0 amide bonds. The molecule has 0 bridgehead atoms. The summed E-state index contributed by atoms with van der Waals surface area (Å²) in [7, 11) is 1.86. The van der Waals surface area contributed by atoms with Crippen molar-refractivity contribution in [3.63, 3.8) is 0 Å². The van der Waals surface area contributed by atoms with Crippen molar-refractivity contribution in [1.82, 2.24) is 35.2 Å². The Labute approximate surface area is 230 Å². The molecule has 0 atom stereocenters. The quantitative estimate of drug-likeness (QED) is 0.248. The van der Waals surface area contributed by atoms with Crippen LogP contribution in [0.25, 0.3) is 11.2 Å². The van der Waals surface area contributed by atoms with Gasteiger partial charge in [0.25, 0.3) is 5.95 Å². The Balaban J connectivity index is 1.40. The maximum atomic E-state index is 13.5. The summed E-state index contributed by atoms with van der Waals surface area (Å²) in [6, 6.07) is 3.61. The molecule has 41 heavy (non-hydrogen) atoms. The van der Waals surface area contributed by atoms with Gasteiger partial charge in [0.05, 0.1) is 17.7 Å². The normalized spacial score (nSPS) is 16.1. The number of nitrogens with zero attached hydrogens (tertiary/aromatic N) is 7. The third-order valence-corrected chi connectivity index (χ3v) is 7.71. The minimum atomic E-state index is -4.96. The molecule has 2 aliphatic rings. The molecule has 0 saturated heterocycles. The molecule has 0 aliphatic heterocycles. The van der Waals surface area contributed by atoms with Crippen LogP contribution < -0.4 is 10.2 Å². The monoisotopic (exact) mass is 579 g/mol. The van der Waals surface area contributed by atoms with Gasteiger partial charge in [-0.3, -0.25) is 0 Å². The molecule has 3 heterocycles. The van der Waals surface area contributed by atoms with Crippen LogP contribution in [0, 0.1) is 18.8 Å². The van der Waals surface area contributed by atoms with Crippen LogP contribution in [-0.4, -0.2) is 41.2 Å². The average Bonchev–Trinajstić information content (AvgIpc) is 3.84. The fraction of sp³-hybridized carbons (Fsp3) is 0.500. The van der Waals surface area contributed by atoms with Crippen LogP contribution in [0.3, 0.4) is 0 Å². The van der Waals surface area contributed by atoms with Crippen LogP contribution >= 0.6 is 0 Å². The molecular formula is C26H27F6N9. The van der Waals surface area contributed by atoms with E-state index in [1.54, 1.807) is 0 Å². The predicted molar refractivity (Wildman–Crippen MR) is 137 cm³/mol. The number of nitrogens with one attached hydrogen (secondary N) is 2. The Morgan fingerprint density at radius 2 is 1.59 bits per heavy atom. The maximum Gasteiger partial charge on any atom is 0.416 e. The van der Waals surface area contributed by atoms with Gasteiger partial charge in [0, 0.05) is 25.2 Å². The molecule has 1 aromatic carbocycles. The summed E-state index contributed by atoms with van der Waals surface area (Å²) in [6.07, 6.45) is -5.41. The number of aromatic amines is 1. The zero-order valence-electron chi connectivity index (χ0n) is 22.2. The second-order valence-electron chi connectivity index (χ2n) is 10.9. The summed E-state index contributed by atoms with van der Waals surface area (Å²) in [5.74, 6) is 2.44. The average molecular weight is 580 g/mol. The van der Waals surface area contributed by atoms with Gasteiger partial charge in [0.15, 0.2) is 5.65 Å². The van der Waals surface area contributed by atoms with E-state index >= 15 is 0 Å². The van der Waals surface area contributed by atoms with Gasteiger partial charge in [-0.05, 0) is 79.5 Å². The van der Waals surface area contributed by atoms with E-state index < -0.39 is 23.5 Å². The SMILES string of the molecule is Cc1nc2cc(CN(Cc3cc(C(F)(F)F)cc(C(F)(F)F)c3)c3nn[nH]n3)c(NC(C3CC3)C3CC3)nc2n1C. The topological polar surface area (TPSA) is 100 Å². The molecule has 15 heteroatoms. The molecule has 0 radical (unpaired) electrons. The summed E-state index contributed by atoms with van der Waals surface area (Å²) in [4.78, 5) is 10.9. The van der Waals surface area contributed by atoms with Crippen molar-refractivity contribution >= 4 is 22.9 Å². The number of anilines is 2. The summed E-state index contributed by atoms with van der Waals surface area (Å²) >= 11 is 0. The van der Waals surface area contributed by atoms with Crippen molar-refractivity contribution in [1.29, 1.82) is 0 Å². The third kappa shape index (κ3) is 5.79. The fourth-order valence-electron chi connectivity index (χ4n) is 5.22. The second-order valence-corrected chi connectivity index (χ2v) is 10.9. The van der Waals surface area contributed by atoms with E-state index in [0.29, 0.717) is 46.5 Å². The number of alkyl halides is 6. The molecule has 2 N–H and O–H groups in total. The number of imidazole rings is 1. The minimum absolute atomic E-state index is 0.0140. The minimum Gasteiger partial charge on any atom is -0.366 e. The van der Waals surface area contributed by atoms with Gasteiger partial charge in [0.2, 0.25) is 0 Å². The number of aryl methyl sites for hydroxylation is 2. The van der Waals surface area contributed by atoms with Gasteiger partial charge in [-0.25, -0.2) is 9.97 Å². The van der Waals surface area contributed by atoms with E-state index in [2.05, 4.69) is 30.9 Å². The number of benzene rings is 1. The Hall–Kier alpha value is -3.91. The van der Waals surface area contributed by atoms with Crippen molar-refractivity contribution in [2.24, 2.45) is 18.9 Å². The first-order valence-electron chi connectivity index (χ1n) is 13.2. The Morgan fingerprint density at radius 1 is 0.951 bits per heavy atom. The molecule has 3 aromatic heterocycles. The number of halogens is 6. The Bertz CT molecular complexity index is 1510. The number of tetrazole rings is 1. The molecule has 2 aliphatic carbocycles. The van der Waals surface area contributed by atoms with Gasteiger partial charge in [-0.1, -0.05) is 5.10 Å². The number of hydrogen-bond donors (Lipinski definition) is 2. The van der Waals surface area contributed by atoms with Gasteiger partial charge in [0.1, 0.15) is 17.2 Å². The number of aromatic nitrogens is 7. The molecule has 4 aromatic rings. The highest BCUT2D eigenvalue weighted by atomic mass is 19.4. The lowest BCUT2D eigenvalue weighted by Crippen LogP contribution is -2.28. The smallest absolute Gasteiger partial charge is 0.366 e. The third-order valence-electron chi connectivity index (χ3n) is 7.71. The summed E-state index contributed by atoms with van der Waals surface area (Å²) < 4.78 is 83.1. The summed E-state index contributed by atoms with van der Waals surface area (Å²) in [6.45, 7) is 1.53. The first-order chi connectivity index (χ1) is 19.4. The molecule has 2 saturated carbocycles. The van der Waals surface area contributed by atoms with E-state index in [-0.39, 0.29) is 36.7 Å². The highest BCUT2D eigenvalue weighted by Gasteiger charge is 2.42. The van der Waals surface area contributed by atoms with Crippen molar-refractivity contribution in [3.05, 3.63) is 52.3 Å². The first kappa shape index (κ1) is 27.3. The van der Waals surface area contributed by atoms with Crippen LogP contribution in [0.15, 0.2) is 24.3 Å². The van der Waals surface area contributed by atoms with Gasteiger partial charge >= 0.3 is 12.4 Å². The summed E-state index contributed by atoms with van der Waals surface area (Å²) in [5.41, 5.74) is -1.04. The van der Waals surface area contributed by atoms with E-state index in [4.69, 9.17) is 4.98 Å². The van der Waals surface area contributed by atoms with Crippen molar-refractivity contribution in [2.75, 3.05) is 10.2 Å². The largest absolute Gasteiger partial charge is 0.416 e. The molecule has 9 nitrogen and oxygen atoms in total. The second kappa shape index (κ2) is 9.87. The zero-order chi connectivity index (χ0) is 29.1. The lowest BCUT2D eigenvalue weighted by Gasteiger charge is -2.25. The Kier molecular flexibility index (Phi) is 6.57. The molecule has 0 spiro atoms. The highest BCUT2D eigenvalue weighted by Crippen LogP contribution is 2.46. The molecule has 6 rings (SSSR count). The fourth-order valence-corrected chi connectivity index (χ4v) is 5.22. The maximum absolute atomic E-state index is 13.5. The van der Waals surface area contributed by atoms with Crippen molar-refractivity contribution < 1.29 is 26.3 Å². The number of H-pyrrole nitrogens is 1. The van der Waals surface area contributed by atoms with Gasteiger partial charge < -0.3 is 14.8 Å². The van der Waals surface area contributed by atoms with Gasteiger partial charge in [-0.15, -0.1) is 5.10 Å². The van der Waals surface area contributed by atoms with E-state index in [1.807, 2.05) is 24.6 Å². The van der Waals surface area contributed by atoms with Crippen LogP contribution in [0.2, 0.25) is 0 Å². The van der Waals surface area contributed by atoms with Crippen molar-refractivity contribution in [3.8, 4) is 0 Å². The number of fused-ring (bicyclic) bond motifs is 1. The lowest BCUT2D eigenvalue weighted by atomic mass is 10.0. The number of hydrogen-bond acceptors (Lipinski definition) is 7. The molecular weight excluding hydrogens is 552 g/mol. The zero-order valence-corrected chi connectivity index (χ0v) is 22.2.